The Labute approximate surface area is 161 Å². The lowest BCUT2D eigenvalue weighted by Crippen LogP contribution is -2.29. The molecule has 0 aliphatic heterocycles. The van der Waals surface area contributed by atoms with E-state index in [4.69, 9.17) is 11.6 Å². The van der Waals surface area contributed by atoms with Crippen molar-refractivity contribution in [3.05, 3.63) is 77.2 Å². The molecule has 3 rings (SSSR count). The van der Waals surface area contributed by atoms with Gasteiger partial charge in [-0.2, -0.15) is 0 Å². The van der Waals surface area contributed by atoms with E-state index < -0.39 is 5.82 Å². The molecule has 0 aliphatic carbocycles. The molecule has 0 unspecified atom stereocenters. The molecule has 8 heteroatoms. The molecular weight excluding hydrogens is 369 g/mol. The Bertz CT molecular complexity index is 921. The van der Waals surface area contributed by atoms with E-state index in [0.29, 0.717) is 18.1 Å². The third kappa shape index (κ3) is 4.98. The van der Waals surface area contributed by atoms with E-state index >= 15 is 0 Å². The van der Waals surface area contributed by atoms with Gasteiger partial charge >= 0.3 is 0 Å². The number of carbonyl (C=O) groups excluding carboxylic acids is 1. The number of pyridine rings is 1. The van der Waals surface area contributed by atoms with Crippen LogP contribution in [-0.4, -0.2) is 39.4 Å². The van der Waals surface area contributed by atoms with Crippen LogP contribution in [0.5, 0.6) is 0 Å². The average molecular weight is 386 g/mol. The first-order valence-electron chi connectivity index (χ1n) is 8.21. The number of anilines is 2. The summed E-state index contributed by atoms with van der Waals surface area (Å²) in [7, 11) is 1.72. The summed E-state index contributed by atoms with van der Waals surface area (Å²) in [5.41, 5.74) is 1.92. The molecule has 1 N–H and O–H groups in total. The van der Waals surface area contributed by atoms with Crippen molar-refractivity contribution in [3.8, 4) is 0 Å². The third-order valence-corrected chi connectivity index (χ3v) is 4.18. The first-order valence-corrected chi connectivity index (χ1v) is 8.59. The van der Waals surface area contributed by atoms with Crippen molar-refractivity contribution in [2.75, 3.05) is 18.9 Å². The zero-order valence-electron chi connectivity index (χ0n) is 14.6. The van der Waals surface area contributed by atoms with Crippen LogP contribution in [0.15, 0.2) is 55.1 Å². The first-order chi connectivity index (χ1) is 13.0. The molecule has 2 aromatic heterocycles. The highest BCUT2D eigenvalue weighted by atomic mass is 35.5. The third-order valence-electron chi connectivity index (χ3n) is 3.89. The maximum Gasteiger partial charge on any atom is 0.273 e. The molecule has 6 nitrogen and oxygen atoms in total. The van der Waals surface area contributed by atoms with Gasteiger partial charge in [-0.3, -0.25) is 9.78 Å². The molecule has 2 heterocycles. The normalized spacial score (nSPS) is 10.5. The monoisotopic (exact) mass is 385 g/mol. The fourth-order valence-corrected chi connectivity index (χ4v) is 2.55. The van der Waals surface area contributed by atoms with Gasteiger partial charge in [0.15, 0.2) is 0 Å². The van der Waals surface area contributed by atoms with Crippen LogP contribution in [0.2, 0.25) is 5.02 Å². The highest BCUT2D eigenvalue weighted by Crippen LogP contribution is 2.21. The molecule has 0 radical (unpaired) electrons. The number of likely N-dealkylation sites (N-methyl/N-ethyl adjacent to an activating group) is 1. The van der Waals surface area contributed by atoms with Crippen LogP contribution in [-0.2, 0) is 6.42 Å². The van der Waals surface area contributed by atoms with Crippen LogP contribution in [0.25, 0.3) is 0 Å². The summed E-state index contributed by atoms with van der Waals surface area (Å²) in [5.74, 6) is -0.286. The maximum atomic E-state index is 13.2. The van der Waals surface area contributed by atoms with Crippen LogP contribution >= 0.6 is 11.6 Å². The molecule has 1 amide bonds. The number of carbonyl (C=O) groups is 1. The van der Waals surface area contributed by atoms with Gasteiger partial charge in [-0.15, -0.1) is 0 Å². The lowest BCUT2D eigenvalue weighted by atomic mass is 10.2. The smallest absolute Gasteiger partial charge is 0.273 e. The molecule has 27 heavy (non-hydrogen) atoms. The second-order valence-corrected chi connectivity index (χ2v) is 6.28. The van der Waals surface area contributed by atoms with Gasteiger partial charge in [-0.05, 0) is 42.3 Å². The van der Waals surface area contributed by atoms with Crippen molar-refractivity contribution in [1.82, 2.24) is 19.9 Å². The van der Waals surface area contributed by atoms with Gasteiger partial charge in [0.1, 0.15) is 17.3 Å². The van der Waals surface area contributed by atoms with Crippen molar-refractivity contribution in [2.45, 2.75) is 6.42 Å². The van der Waals surface area contributed by atoms with Crippen molar-refractivity contribution in [2.24, 2.45) is 0 Å². The standard InChI is InChI=1S/C19H17ClFN5O/c1-26(9-6-13-4-7-22-8-5-13)19(27)17-11-24-18(12-23-17)25-14-2-3-16(21)15(20)10-14/h2-5,7-8,10-12H,6,9H2,1H3,(H,24,25). The molecule has 3 aromatic rings. The molecular formula is C19H17ClFN5O. The molecule has 0 bridgehead atoms. The van der Waals surface area contributed by atoms with E-state index in [1.165, 1.54) is 30.6 Å². The summed E-state index contributed by atoms with van der Waals surface area (Å²) in [4.78, 5) is 26.4. The summed E-state index contributed by atoms with van der Waals surface area (Å²) in [6.45, 7) is 0.554. The van der Waals surface area contributed by atoms with Gasteiger partial charge < -0.3 is 10.2 Å². The number of nitrogens with zero attached hydrogens (tertiary/aromatic N) is 4. The minimum atomic E-state index is -0.496. The number of aromatic nitrogens is 3. The summed E-state index contributed by atoms with van der Waals surface area (Å²) >= 11 is 5.75. The van der Waals surface area contributed by atoms with Crippen LogP contribution in [0.4, 0.5) is 15.9 Å². The van der Waals surface area contributed by atoms with E-state index in [1.54, 1.807) is 24.3 Å². The molecule has 138 valence electrons. The Kier molecular flexibility index (Phi) is 5.93. The number of rotatable bonds is 6. The van der Waals surface area contributed by atoms with Gasteiger partial charge in [0, 0.05) is 31.7 Å². The molecule has 0 saturated carbocycles. The van der Waals surface area contributed by atoms with Gasteiger partial charge in [0.25, 0.3) is 5.91 Å². The van der Waals surface area contributed by atoms with Crippen LogP contribution in [0.1, 0.15) is 16.1 Å². The second-order valence-electron chi connectivity index (χ2n) is 5.87. The van der Waals surface area contributed by atoms with Gasteiger partial charge in [-0.25, -0.2) is 14.4 Å². The van der Waals surface area contributed by atoms with E-state index in [9.17, 15) is 9.18 Å². The number of amides is 1. The lowest BCUT2D eigenvalue weighted by Gasteiger charge is -2.16. The Morgan fingerprint density at radius 3 is 2.63 bits per heavy atom. The zero-order valence-corrected chi connectivity index (χ0v) is 15.3. The molecule has 0 spiro atoms. The number of hydrogen-bond donors (Lipinski definition) is 1. The summed E-state index contributed by atoms with van der Waals surface area (Å²) in [6, 6.07) is 8.08. The topological polar surface area (TPSA) is 71.0 Å². The second kappa shape index (κ2) is 8.55. The van der Waals surface area contributed by atoms with Crippen LogP contribution < -0.4 is 5.32 Å². The quantitative estimate of drug-likeness (QED) is 0.700. The molecule has 0 fully saturated rings. The van der Waals surface area contributed by atoms with E-state index in [0.717, 1.165) is 12.0 Å². The Hall–Kier alpha value is -3.06. The number of halogens is 2. The van der Waals surface area contributed by atoms with Gasteiger partial charge in [-0.1, -0.05) is 11.6 Å². The SMILES string of the molecule is CN(CCc1ccncc1)C(=O)c1cnc(Nc2ccc(F)c(Cl)c2)cn1. The fraction of sp³-hybridized carbons (Fsp3) is 0.158. The molecule has 1 aromatic carbocycles. The van der Waals surface area contributed by atoms with Crippen molar-refractivity contribution in [3.63, 3.8) is 0 Å². The van der Waals surface area contributed by atoms with Crippen LogP contribution in [0.3, 0.4) is 0 Å². The molecule has 0 atom stereocenters. The number of nitrogens with one attached hydrogen (secondary N) is 1. The molecule has 0 aliphatic rings. The summed E-state index contributed by atoms with van der Waals surface area (Å²) in [6.07, 6.45) is 7.02. The predicted molar refractivity (Wildman–Crippen MR) is 102 cm³/mol. The number of hydrogen-bond acceptors (Lipinski definition) is 5. The van der Waals surface area contributed by atoms with Crippen molar-refractivity contribution >= 4 is 29.0 Å². The van der Waals surface area contributed by atoms with Crippen molar-refractivity contribution in [1.29, 1.82) is 0 Å². The van der Waals surface area contributed by atoms with Gasteiger partial charge in [0.2, 0.25) is 0 Å². The summed E-state index contributed by atoms with van der Waals surface area (Å²) < 4.78 is 13.2. The van der Waals surface area contributed by atoms with Gasteiger partial charge in [0.05, 0.1) is 17.4 Å². The maximum absolute atomic E-state index is 13.2. The Morgan fingerprint density at radius 2 is 1.96 bits per heavy atom. The Morgan fingerprint density at radius 1 is 1.19 bits per heavy atom. The highest BCUT2D eigenvalue weighted by Gasteiger charge is 2.14. The van der Waals surface area contributed by atoms with E-state index in [1.807, 2.05) is 12.1 Å². The van der Waals surface area contributed by atoms with E-state index in [-0.39, 0.29) is 16.6 Å². The fourth-order valence-electron chi connectivity index (χ4n) is 2.37. The predicted octanol–water partition coefficient (Wildman–Crippen LogP) is 3.72. The largest absolute Gasteiger partial charge is 0.340 e. The van der Waals surface area contributed by atoms with Crippen molar-refractivity contribution < 1.29 is 9.18 Å². The highest BCUT2D eigenvalue weighted by molar-refractivity contribution is 6.31. The molecule has 0 saturated heterocycles. The first kappa shape index (κ1) is 18.7. The Balaban J connectivity index is 1.60. The van der Waals surface area contributed by atoms with Crippen LogP contribution in [0, 0.1) is 5.82 Å². The zero-order chi connectivity index (χ0) is 19.2. The average Bonchev–Trinajstić information content (AvgIpc) is 2.70. The number of benzene rings is 1. The minimum absolute atomic E-state index is 0.00980. The van der Waals surface area contributed by atoms with E-state index in [2.05, 4.69) is 20.3 Å². The lowest BCUT2D eigenvalue weighted by molar-refractivity contribution is 0.0790. The summed E-state index contributed by atoms with van der Waals surface area (Å²) in [5, 5.41) is 2.97. The minimum Gasteiger partial charge on any atom is -0.340 e.